The summed E-state index contributed by atoms with van der Waals surface area (Å²) in [5.41, 5.74) is 10.7. The normalized spacial score (nSPS) is 18.5. The Labute approximate surface area is 206 Å². The van der Waals surface area contributed by atoms with Crippen molar-refractivity contribution in [1.29, 1.82) is 0 Å². The van der Waals surface area contributed by atoms with Gasteiger partial charge in [0.1, 0.15) is 12.3 Å². The summed E-state index contributed by atoms with van der Waals surface area (Å²) >= 11 is 1.50. The van der Waals surface area contributed by atoms with Crippen LogP contribution in [0.2, 0.25) is 0 Å². The number of rotatable bonds is 6. The van der Waals surface area contributed by atoms with Gasteiger partial charge >= 0.3 is 6.18 Å². The van der Waals surface area contributed by atoms with E-state index in [0.29, 0.717) is 23.8 Å². The molecule has 2 atom stereocenters. The Morgan fingerprint density at radius 1 is 1.23 bits per heavy atom. The Bertz CT molecular complexity index is 1220. The van der Waals surface area contributed by atoms with Gasteiger partial charge in [0.25, 0.3) is 0 Å². The smallest absolute Gasteiger partial charge is 0.384 e. The summed E-state index contributed by atoms with van der Waals surface area (Å²) in [6, 6.07) is 5.03. The van der Waals surface area contributed by atoms with Gasteiger partial charge in [-0.2, -0.15) is 13.2 Å². The highest BCUT2D eigenvalue weighted by atomic mass is 32.1. The van der Waals surface area contributed by atoms with Gasteiger partial charge in [-0.05, 0) is 72.9 Å². The van der Waals surface area contributed by atoms with Crippen molar-refractivity contribution in [2.24, 2.45) is 10.7 Å². The van der Waals surface area contributed by atoms with Crippen LogP contribution in [0.3, 0.4) is 0 Å². The molecule has 0 amide bonds. The quantitative estimate of drug-likeness (QED) is 0.497. The molecular formula is C26H27F3N4OS. The summed E-state index contributed by atoms with van der Waals surface area (Å²) in [6.07, 6.45) is 2.98. The predicted octanol–water partition coefficient (Wildman–Crippen LogP) is 4.82. The lowest BCUT2D eigenvalue weighted by atomic mass is 9.87. The second-order valence-electron chi connectivity index (χ2n) is 8.75. The zero-order valence-corrected chi connectivity index (χ0v) is 20.1. The van der Waals surface area contributed by atoms with Crippen LogP contribution in [-0.4, -0.2) is 41.5 Å². The van der Waals surface area contributed by atoms with Gasteiger partial charge < -0.3 is 16.2 Å². The molecule has 0 radical (unpaired) electrons. The third-order valence-corrected chi connectivity index (χ3v) is 7.01. The Hall–Kier alpha value is -2.93. The van der Waals surface area contributed by atoms with Gasteiger partial charge in [0.05, 0.1) is 16.5 Å². The molecule has 0 fully saturated rings. The first-order chi connectivity index (χ1) is 16.7. The van der Waals surface area contributed by atoms with Crippen LogP contribution < -0.4 is 11.1 Å². The van der Waals surface area contributed by atoms with Crippen molar-refractivity contribution in [2.45, 2.75) is 50.9 Å². The fraction of sp³-hybridized carbons (Fsp3) is 0.385. The zero-order valence-electron chi connectivity index (χ0n) is 19.3. The number of aromatic nitrogens is 1. The van der Waals surface area contributed by atoms with Gasteiger partial charge in [-0.1, -0.05) is 35.5 Å². The zero-order chi connectivity index (χ0) is 25.0. The van der Waals surface area contributed by atoms with Gasteiger partial charge in [0, 0.05) is 18.8 Å². The molecule has 1 aliphatic carbocycles. The molecule has 0 bridgehead atoms. The van der Waals surface area contributed by atoms with Crippen LogP contribution in [0.4, 0.5) is 18.3 Å². The molecule has 1 aliphatic heterocycles. The van der Waals surface area contributed by atoms with Gasteiger partial charge in [0.2, 0.25) is 0 Å². The predicted molar refractivity (Wildman–Crippen MR) is 134 cm³/mol. The molecule has 0 spiro atoms. The molecule has 5 nitrogen and oxygen atoms in total. The van der Waals surface area contributed by atoms with E-state index in [4.69, 9.17) is 10.8 Å². The van der Waals surface area contributed by atoms with Crippen molar-refractivity contribution in [1.82, 2.24) is 4.98 Å². The number of nitrogens with zero attached hydrogens (tertiary/aromatic N) is 2. The average Bonchev–Trinajstić information content (AvgIpc) is 3.24. The first-order valence-electron chi connectivity index (χ1n) is 11.4. The number of hydrogen-bond donors (Lipinski definition) is 3. The van der Waals surface area contributed by atoms with Gasteiger partial charge in [-0.15, -0.1) is 0 Å². The molecule has 2 heterocycles. The minimum absolute atomic E-state index is 0.250. The number of nitrogens with two attached hydrogens (primary N) is 1. The molecule has 0 saturated carbocycles. The fourth-order valence-electron chi connectivity index (χ4n) is 4.15. The van der Waals surface area contributed by atoms with Crippen molar-refractivity contribution in [3.8, 4) is 11.8 Å². The Morgan fingerprint density at radius 3 is 2.71 bits per heavy atom. The molecule has 1 unspecified atom stereocenters. The van der Waals surface area contributed by atoms with Crippen LogP contribution in [0.5, 0.6) is 0 Å². The molecule has 4 rings (SSSR count). The topological polar surface area (TPSA) is 83.5 Å². The molecule has 35 heavy (non-hydrogen) atoms. The average molecular weight is 501 g/mol. The van der Waals surface area contributed by atoms with Crippen molar-refractivity contribution >= 4 is 28.3 Å². The highest BCUT2D eigenvalue weighted by Crippen LogP contribution is 2.38. The largest absolute Gasteiger partial charge is 0.416 e. The van der Waals surface area contributed by atoms with E-state index in [-0.39, 0.29) is 18.7 Å². The number of aliphatic hydroxyl groups excluding tert-OH is 1. The molecule has 0 saturated heterocycles. The minimum Gasteiger partial charge on any atom is -0.384 e. The number of benzene rings is 1. The van der Waals surface area contributed by atoms with Crippen molar-refractivity contribution in [2.75, 3.05) is 18.5 Å². The monoisotopic (exact) mass is 500 g/mol. The second kappa shape index (κ2) is 10.8. The molecular weight excluding hydrogens is 473 g/mol. The molecule has 2 aliphatic rings. The highest BCUT2D eigenvalue weighted by Gasteiger charge is 2.30. The first kappa shape index (κ1) is 25.2. The van der Waals surface area contributed by atoms with Crippen LogP contribution in [0, 0.1) is 11.8 Å². The van der Waals surface area contributed by atoms with E-state index >= 15 is 0 Å². The number of thiazole rings is 1. The SMILES string of the molecule is CC1CC2=C(C=N1)CCC(c1sc(NC[C@@H](N)Cc3ccc(C(F)(F)F)cc3)nc1C#CCO)=C2. The number of dihydropyridines is 1. The molecule has 4 N–H and O–H groups in total. The summed E-state index contributed by atoms with van der Waals surface area (Å²) in [6.45, 7) is 2.26. The number of halogens is 3. The number of allylic oxidation sites excluding steroid dienone is 3. The van der Waals surface area contributed by atoms with E-state index in [1.54, 1.807) is 0 Å². The maximum atomic E-state index is 12.8. The van der Waals surface area contributed by atoms with Crippen molar-refractivity contribution in [3.05, 3.63) is 63.2 Å². The summed E-state index contributed by atoms with van der Waals surface area (Å²) in [7, 11) is 0. The Morgan fingerprint density at radius 2 is 2.00 bits per heavy atom. The maximum Gasteiger partial charge on any atom is 0.416 e. The summed E-state index contributed by atoms with van der Waals surface area (Å²) in [4.78, 5) is 10.1. The van der Waals surface area contributed by atoms with E-state index in [9.17, 15) is 13.2 Å². The number of alkyl halides is 3. The van der Waals surface area contributed by atoms with Gasteiger partial charge in [-0.25, -0.2) is 4.98 Å². The maximum absolute atomic E-state index is 12.8. The lowest BCUT2D eigenvalue weighted by molar-refractivity contribution is -0.137. The molecule has 9 heteroatoms. The Balaban J connectivity index is 1.45. The molecule has 1 aromatic carbocycles. The van der Waals surface area contributed by atoms with E-state index in [1.807, 2.05) is 6.21 Å². The molecule has 2 aromatic rings. The van der Waals surface area contributed by atoms with Crippen LogP contribution in [0.15, 0.2) is 46.5 Å². The summed E-state index contributed by atoms with van der Waals surface area (Å²) < 4.78 is 38.3. The summed E-state index contributed by atoms with van der Waals surface area (Å²) in [5.74, 6) is 5.65. The number of aliphatic imine (C=N–C) groups is 1. The van der Waals surface area contributed by atoms with Crippen LogP contribution in [0.25, 0.3) is 5.57 Å². The third-order valence-electron chi connectivity index (χ3n) is 5.92. The van der Waals surface area contributed by atoms with Crippen LogP contribution >= 0.6 is 11.3 Å². The second-order valence-corrected chi connectivity index (χ2v) is 9.75. The standard InChI is InChI=1S/C26H27F3N4OS/c1-16-11-20-13-18(6-7-19(20)14-31-16)24-23(3-2-10-34)33-25(35-24)32-15-22(30)12-17-4-8-21(9-5-17)26(27,28)29/h4-5,8-9,13-14,16,22,34H,6-7,10-12,15,30H2,1H3,(H,32,33)/t16?,22-/m0/s1. The Kier molecular flexibility index (Phi) is 7.75. The lowest BCUT2D eigenvalue weighted by Gasteiger charge is -2.22. The van der Waals surface area contributed by atoms with Crippen LogP contribution in [0.1, 0.15) is 47.9 Å². The van der Waals surface area contributed by atoms with E-state index < -0.39 is 11.7 Å². The molecule has 1 aromatic heterocycles. The van der Waals surface area contributed by atoms with E-state index in [1.165, 1.54) is 40.2 Å². The lowest BCUT2D eigenvalue weighted by Crippen LogP contribution is -2.31. The molecule has 184 valence electrons. The van der Waals surface area contributed by atoms with Crippen molar-refractivity contribution < 1.29 is 18.3 Å². The van der Waals surface area contributed by atoms with Crippen LogP contribution in [-0.2, 0) is 12.6 Å². The highest BCUT2D eigenvalue weighted by molar-refractivity contribution is 7.16. The van der Waals surface area contributed by atoms with Gasteiger partial charge in [-0.3, -0.25) is 4.99 Å². The number of anilines is 1. The number of hydrogen-bond acceptors (Lipinski definition) is 6. The van der Waals surface area contributed by atoms with E-state index in [0.717, 1.165) is 41.8 Å². The first-order valence-corrected chi connectivity index (χ1v) is 12.3. The third kappa shape index (κ3) is 6.40. The van der Waals surface area contributed by atoms with E-state index in [2.05, 4.69) is 40.1 Å². The number of nitrogens with one attached hydrogen (secondary N) is 1. The van der Waals surface area contributed by atoms with Crippen molar-refractivity contribution in [3.63, 3.8) is 0 Å². The minimum atomic E-state index is -4.35. The number of aliphatic hydroxyl groups is 1. The summed E-state index contributed by atoms with van der Waals surface area (Å²) in [5, 5.41) is 13.1. The van der Waals surface area contributed by atoms with Gasteiger partial charge in [0.15, 0.2) is 5.13 Å². The fourth-order valence-corrected chi connectivity index (χ4v) is 5.13.